The second kappa shape index (κ2) is 7.51. The van der Waals surface area contributed by atoms with E-state index < -0.39 is 0 Å². The Balaban J connectivity index is 1.90. The highest BCUT2D eigenvalue weighted by Crippen LogP contribution is 2.22. The molecule has 112 valence electrons. The number of hydrogen-bond donors (Lipinski definition) is 1. The monoisotopic (exact) mass is 369 g/mol. The lowest BCUT2D eigenvalue weighted by Gasteiger charge is -2.11. The molecule has 1 aromatic carbocycles. The zero-order chi connectivity index (χ0) is 15.2. The van der Waals surface area contributed by atoms with Crippen molar-refractivity contribution in [1.29, 1.82) is 0 Å². The van der Waals surface area contributed by atoms with Crippen LogP contribution in [-0.2, 0) is 11.2 Å². The van der Waals surface area contributed by atoms with Gasteiger partial charge in [0.05, 0.1) is 0 Å². The van der Waals surface area contributed by atoms with Gasteiger partial charge in [-0.25, -0.2) is 0 Å². The minimum Gasteiger partial charge on any atom is -0.483 e. The predicted molar refractivity (Wildman–Crippen MR) is 87.4 cm³/mol. The van der Waals surface area contributed by atoms with Crippen molar-refractivity contribution >= 4 is 38.3 Å². The zero-order valence-corrected chi connectivity index (χ0v) is 14.3. The summed E-state index contributed by atoms with van der Waals surface area (Å²) in [5.74, 6) is 0.518. The Morgan fingerprint density at radius 2 is 2.05 bits per heavy atom. The van der Waals surface area contributed by atoms with Gasteiger partial charge in [0.15, 0.2) is 6.61 Å². The molecule has 2 aromatic rings. The first-order valence-corrected chi connectivity index (χ1v) is 8.41. The van der Waals surface area contributed by atoms with E-state index >= 15 is 0 Å². The number of hydrogen-bond acceptors (Lipinski definition) is 5. The fourth-order valence-corrected chi connectivity index (χ4v) is 3.20. The Morgan fingerprint density at radius 1 is 1.33 bits per heavy atom. The number of alkyl halides is 1. The molecule has 0 bridgehead atoms. The molecule has 0 unspecified atom stereocenters. The number of aryl methyl sites for hydroxylation is 3. The number of amides is 1. The molecule has 5 nitrogen and oxygen atoms in total. The first kappa shape index (κ1) is 15.9. The van der Waals surface area contributed by atoms with Gasteiger partial charge >= 0.3 is 0 Å². The standard InChI is InChI=1S/C14H16BrN3O2S/c1-9-4-3-5-10(2)13(9)20-8-11(19)16-14-18-17-12(21-14)6-7-15/h3-5H,6-8H2,1-2H3,(H,16,18,19). The van der Waals surface area contributed by atoms with Crippen LogP contribution in [-0.4, -0.2) is 28.0 Å². The van der Waals surface area contributed by atoms with Crippen LogP contribution in [0.3, 0.4) is 0 Å². The van der Waals surface area contributed by atoms with Crippen LogP contribution >= 0.6 is 27.3 Å². The van der Waals surface area contributed by atoms with Gasteiger partial charge < -0.3 is 4.74 Å². The number of ether oxygens (including phenoxy) is 1. The molecule has 0 radical (unpaired) electrons. The van der Waals surface area contributed by atoms with Gasteiger partial charge in [0, 0.05) is 11.8 Å². The fourth-order valence-electron chi connectivity index (χ4n) is 1.81. The highest BCUT2D eigenvalue weighted by atomic mass is 79.9. The highest BCUT2D eigenvalue weighted by Gasteiger charge is 2.10. The molecule has 1 amide bonds. The van der Waals surface area contributed by atoms with Gasteiger partial charge in [0.1, 0.15) is 10.8 Å². The average Bonchev–Trinajstić information content (AvgIpc) is 2.86. The number of benzene rings is 1. The predicted octanol–water partition coefficient (Wildman–Crippen LogP) is 3.11. The second-order valence-electron chi connectivity index (χ2n) is 4.50. The summed E-state index contributed by atoms with van der Waals surface area (Å²) in [5, 5.41) is 12.8. The third-order valence-corrected chi connectivity index (χ3v) is 4.07. The Morgan fingerprint density at radius 3 is 2.71 bits per heavy atom. The fraction of sp³-hybridized carbons (Fsp3) is 0.357. The summed E-state index contributed by atoms with van der Waals surface area (Å²) < 4.78 is 5.59. The lowest BCUT2D eigenvalue weighted by atomic mass is 10.1. The van der Waals surface area contributed by atoms with E-state index in [1.807, 2.05) is 32.0 Å². The van der Waals surface area contributed by atoms with Gasteiger partial charge in [-0.3, -0.25) is 10.1 Å². The van der Waals surface area contributed by atoms with Crippen LogP contribution in [0.4, 0.5) is 5.13 Å². The number of carbonyl (C=O) groups is 1. The number of halogens is 1. The van der Waals surface area contributed by atoms with Gasteiger partial charge in [-0.1, -0.05) is 45.5 Å². The molecular formula is C14H16BrN3O2S. The molecule has 21 heavy (non-hydrogen) atoms. The van der Waals surface area contributed by atoms with Crippen molar-refractivity contribution in [3.05, 3.63) is 34.3 Å². The molecule has 0 aliphatic heterocycles. The lowest BCUT2D eigenvalue weighted by molar-refractivity contribution is -0.118. The van der Waals surface area contributed by atoms with E-state index in [1.54, 1.807) is 0 Å². The van der Waals surface area contributed by atoms with E-state index in [1.165, 1.54) is 11.3 Å². The zero-order valence-electron chi connectivity index (χ0n) is 11.9. The molecule has 1 heterocycles. The van der Waals surface area contributed by atoms with E-state index in [4.69, 9.17) is 4.74 Å². The molecule has 0 saturated heterocycles. The second-order valence-corrected chi connectivity index (χ2v) is 6.35. The number of carbonyl (C=O) groups excluding carboxylic acids is 1. The van der Waals surface area contributed by atoms with Crippen LogP contribution in [0.15, 0.2) is 18.2 Å². The maximum Gasteiger partial charge on any atom is 0.264 e. The van der Waals surface area contributed by atoms with E-state index in [0.29, 0.717) is 5.13 Å². The molecular weight excluding hydrogens is 354 g/mol. The molecule has 0 spiro atoms. The highest BCUT2D eigenvalue weighted by molar-refractivity contribution is 9.09. The molecule has 2 rings (SSSR count). The topological polar surface area (TPSA) is 64.1 Å². The Bertz CT molecular complexity index is 610. The largest absolute Gasteiger partial charge is 0.483 e. The van der Waals surface area contributed by atoms with E-state index in [-0.39, 0.29) is 12.5 Å². The van der Waals surface area contributed by atoms with E-state index in [9.17, 15) is 4.79 Å². The molecule has 0 aliphatic carbocycles. The van der Waals surface area contributed by atoms with Crippen LogP contribution in [0.25, 0.3) is 0 Å². The van der Waals surface area contributed by atoms with Crippen molar-refractivity contribution in [2.24, 2.45) is 0 Å². The van der Waals surface area contributed by atoms with Crippen molar-refractivity contribution in [1.82, 2.24) is 10.2 Å². The van der Waals surface area contributed by atoms with Gasteiger partial charge in [-0.05, 0) is 25.0 Å². The van der Waals surface area contributed by atoms with Crippen molar-refractivity contribution in [2.45, 2.75) is 20.3 Å². The average molecular weight is 370 g/mol. The maximum atomic E-state index is 11.9. The third-order valence-electron chi connectivity index (χ3n) is 2.78. The summed E-state index contributed by atoms with van der Waals surface area (Å²) in [4.78, 5) is 11.9. The summed E-state index contributed by atoms with van der Waals surface area (Å²) in [5.41, 5.74) is 2.02. The number of anilines is 1. The third kappa shape index (κ3) is 4.50. The SMILES string of the molecule is Cc1cccc(C)c1OCC(=O)Nc1nnc(CCBr)s1. The molecule has 7 heteroatoms. The number of rotatable bonds is 6. The van der Waals surface area contributed by atoms with E-state index in [0.717, 1.165) is 33.6 Å². The Labute approximate surface area is 135 Å². The van der Waals surface area contributed by atoms with Gasteiger partial charge in [-0.15, -0.1) is 10.2 Å². The maximum absolute atomic E-state index is 11.9. The lowest BCUT2D eigenvalue weighted by Crippen LogP contribution is -2.20. The molecule has 0 aliphatic rings. The smallest absolute Gasteiger partial charge is 0.264 e. The van der Waals surface area contributed by atoms with Gasteiger partial charge in [0.2, 0.25) is 5.13 Å². The Kier molecular flexibility index (Phi) is 5.69. The first-order valence-electron chi connectivity index (χ1n) is 6.47. The van der Waals surface area contributed by atoms with Crippen molar-refractivity contribution in [3.63, 3.8) is 0 Å². The van der Waals surface area contributed by atoms with Crippen LogP contribution in [0.2, 0.25) is 0 Å². The molecule has 0 saturated carbocycles. The van der Waals surface area contributed by atoms with Crippen LogP contribution < -0.4 is 10.1 Å². The molecule has 1 aromatic heterocycles. The van der Waals surface area contributed by atoms with Crippen LogP contribution in [0.1, 0.15) is 16.1 Å². The summed E-state index contributed by atoms with van der Waals surface area (Å²) >= 11 is 4.72. The Hall–Kier alpha value is -1.47. The summed E-state index contributed by atoms with van der Waals surface area (Å²) in [6.45, 7) is 3.87. The van der Waals surface area contributed by atoms with E-state index in [2.05, 4.69) is 31.4 Å². The summed E-state index contributed by atoms with van der Waals surface area (Å²) in [6.07, 6.45) is 0.798. The molecule has 0 atom stereocenters. The summed E-state index contributed by atoms with van der Waals surface area (Å²) in [6, 6.07) is 5.87. The van der Waals surface area contributed by atoms with Crippen molar-refractivity contribution in [2.75, 3.05) is 17.3 Å². The number of para-hydroxylation sites is 1. The number of aromatic nitrogens is 2. The minimum atomic E-state index is -0.237. The number of nitrogens with one attached hydrogen (secondary N) is 1. The molecule has 1 N–H and O–H groups in total. The minimum absolute atomic E-state index is 0.0426. The van der Waals surface area contributed by atoms with Gasteiger partial charge in [0.25, 0.3) is 5.91 Å². The van der Waals surface area contributed by atoms with Crippen LogP contribution in [0.5, 0.6) is 5.75 Å². The van der Waals surface area contributed by atoms with Crippen molar-refractivity contribution in [3.8, 4) is 5.75 Å². The number of nitrogens with zero attached hydrogens (tertiary/aromatic N) is 2. The molecule has 0 fully saturated rings. The van der Waals surface area contributed by atoms with Gasteiger partial charge in [-0.2, -0.15) is 0 Å². The summed E-state index contributed by atoms with van der Waals surface area (Å²) in [7, 11) is 0. The van der Waals surface area contributed by atoms with Crippen molar-refractivity contribution < 1.29 is 9.53 Å². The normalized spacial score (nSPS) is 10.4. The van der Waals surface area contributed by atoms with Crippen LogP contribution in [0, 0.1) is 13.8 Å². The quantitative estimate of drug-likeness (QED) is 0.794. The first-order chi connectivity index (χ1) is 10.1.